The van der Waals surface area contributed by atoms with E-state index in [1.807, 2.05) is 45.0 Å². The summed E-state index contributed by atoms with van der Waals surface area (Å²) in [5.41, 5.74) is 4.61. The quantitative estimate of drug-likeness (QED) is 0.569. The van der Waals surface area contributed by atoms with E-state index in [2.05, 4.69) is 29.6 Å². The summed E-state index contributed by atoms with van der Waals surface area (Å²) >= 11 is 0. The van der Waals surface area contributed by atoms with Crippen LogP contribution in [0.2, 0.25) is 0 Å². The van der Waals surface area contributed by atoms with Crippen LogP contribution in [-0.4, -0.2) is 66.4 Å². The van der Waals surface area contributed by atoms with E-state index in [0.29, 0.717) is 13.1 Å². The standard InChI is InChI=1S/C27H32N2O6/c1-16(2)25(26(32)29-12-18(13-29)34-15-24(30)31)17(3)28-27(33)35-14-23-21-10-6-4-8-19(21)20-9-5-7-11-22(20)23/h4-11,16-18,23,25H,12-15H2,1-3H3,(H,28,33)(H,30,31). The molecule has 2 aliphatic rings. The Bertz CT molecular complexity index is 1050. The summed E-state index contributed by atoms with van der Waals surface area (Å²) in [6.45, 7) is 6.23. The lowest BCUT2D eigenvalue weighted by Gasteiger charge is -2.42. The maximum absolute atomic E-state index is 13.1. The molecule has 0 bridgehead atoms. The third kappa shape index (κ3) is 5.32. The highest BCUT2D eigenvalue weighted by atomic mass is 16.5. The molecule has 0 aromatic heterocycles. The predicted octanol–water partition coefficient (Wildman–Crippen LogP) is 3.50. The number of amides is 2. The van der Waals surface area contributed by atoms with Crippen LogP contribution in [0.4, 0.5) is 4.79 Å². The summed E-state index contributed by atoms with van der Waals surface area (Å²) in [5, 5.41) is 11.6. The first-order chi connectivity index (χ1) is 16.8. The number of ether oxygens (including phenoxy) is 2. The van der Waals surface area contributed by atoms with Crippen molar-refractivity contribution < 1.29 is 29.0 Å². The number of aliphatic carboxylic acids is 1. The van der Waals surface area contributed by atoms with E-state index < -0.39 is 24.0 Å². The van der Waals surface area contributed by atoms with E-state index in [-0.39, 0.29) is 37.1 Å². The van der Waals surface area contributed by atoms with Gasteiger partial charge in [0.25, 0.3) is 0 Å². The van der Waals surface area contributed by atoms with Gasteiger partial charge in [-0.2, -0.15) is 0 Å². The van der Waals surface area contributed by atoms with Gasteiger partial charge in [0.1, 0.15) is 13.2 Å². The Morgan fingerprint density at radius 3 is 2.11 bits per heavy atom. The molecule has 2 amide bonds. The highest BCUT2D eigenvalue weighted by Gasteiger charge is 2.39. The molecule has 0 radical (unpaired) electrons. The third-order valence-corrected chi connectivity index (χ3v) is 6.83. The largest absolute Gasteiger partial charge is 0.480 e. The summed E-state index contributed by atoms with van der Waals surface area (Å²) in [4.78, 5) is 38.1. The van der Waals surface area contributed by atoms with E-state index >= 15 is 0 Å². The van der Waals surface area contributed by atoms with Gasteiger partial charge in [0, 0.05) is 25.0 Å². The zero-order valence-corrected chi connectivity index (χ0v) is 20.3. The molecule has 35 heavy (non-hydrogen) atoms. The normalized spacial score (nSPS) is 16.7. The maximum Gasteiger partial charge on any atom is 0.407 e. The topological polar surface area (TPSA) is 105 Å². The number of hydrogen-bond acceptors (Lipinski definition) is 5. The van der Waals surface area contributed by atoms with E-state index in [4.69, 9.17) is 14.6 Å². The van der Waals surface area contributed by atoms with Gasteiger partial charge >= 0.3 is 12.1 Å². The lowest BCUT2D eigenvalue weighted by Crippen LogP contribution is -2.59. The number of carbonyl (C=O) groups excluding carboxylic acids is 2. The molecule has 2 aromatic rings. The average molecular weight is 481 g/mol. The fourth-order valence-electron chi connectivity index (χ4n) is 5.12. The van der Waals surface area contributed by atoms with Crippen LogP contribution in [0, 0.1) is 11.8 Å². The van der Waals surface area contributed by atoms with E-state index in [0.717, 1.165) is 22.3 Å². The van der Waals surface area contributed by atoms with Gasteiger partial charge in [-0.3, -0.25) is 4.79 Å². The number of likely N-dealkylation sites (tertiary alicyclic amines) is 1. The van der Waals surface area contributed by atoms with Gasteiger partial charge in [-0.05, 0) is 35.1 Å². The molecule has 0 saturated carbocycles. The fourth-order valence-corrected chi connectivity index (χ4v) is 5.12. The highest BCUT2D eigenvalue weighted by Crippen LogP contribution is 2.44. The molecule has 8 heteroatoms. The van der Waals surface area contributed by atoms with Crippen molar-refractivity contribution in [3.63, 3.8) is 0 Å². The van der Waals surface area contributed by atoms with E-state index in [1.54, 1.807) is 4.90 Å². The molecule has 2 aromatic carbocycles. The molecule has 1 aliphatic carbocycles. The second kappa shape index (κ2) is 10.5. The zero-order chi connectivity index (χ0) is 25.1. The summed E-state index contributed by atoms with van der Waals surface area (Å²) in [6.07, 6.45) is -0.822. The number of nitrogens with zero attached hydrogens (tertiary/aromatic N) is 1. The number of carbonyl (C=O) groups is 3. The molecule has 0 spiro atoms. The predicted molar refractivity (Wildman–Crippen MR) is 130 cm³/mol. The first-order valence-corrected chi connectivity index (χ1v) is 12.0. The van der Waals surface area contributed by atoms with Gasteiger partial charge in [0.2, 0.25) is 5.91 Å². The van der Waals surface area contributed by atoms with Crippen molar-refractivity contribution in [1.29, 1.82) is 0 Å². The Morgan fingerprint density at radius 2 is 1.57 bits per heavy atom. The number of benzene rings is 2. The lowest BCUT2D eigenvalue weighted by molar-refractivity contribution is -0.157. The molecule has 2 atom stereocenters. The fraction of sp³-hybridized carbons (Fsp3) is 0.444. The Labute approximate surface area is 205 Å². The van der Waals surface area contributed by atoms with Crippen LogP contribution < -0.4 is 5.32 Å². The van der Waals surface area contributed by atoms with Crippen molar-refractivity contribution in [2.75, 3.05) is 26.3 Å². The number of alkyl carbamates (subject to hydrolysis) is 1. The lowest BCUT2D eigenvalue weighted by atomic mass is 9.87. The first-order valence-electron chi connectivity index (χ1n) is 12.0. The SMILES string of the molecule is CC(C)C(C(=O)N1CC(OCC(=O)O)C1)C(C)NC(=O)OCC1c2ccccc2-c2ccccc21. The molecule has 1 aliphatic heterocycles. The number of fused-ring (bicyclic) bond motifs is 3. The molecule has 8 nitrogen and oxygen atoms in total. The number of carboxylic acid groups (broad SMARTS) is 1. The van der Waals surface area contributed by atoms with Crippen molar-refractivity contribution in [2.45, 2.75) is 38.8 Å². The summed E-state index contributed by atoms with van der Waals surface area (Å²) < 4.78 is 10.9. The van der Waals surface area contributed by atoms with Gasteiger partial charge in [-0.1, -0.05) is 62.4 Å². The van der Waals surface area contributed by atoms with Crippen LogP contribution in [-0.2, 0) is 19.1 Å². The first kappa shape index (κ1) is 24.7. The number of nitrogens with one attached hydrogen (secondary N) is 1. The number of hydrogen-bond donors (Lipinski definition) is 2. The minimum Gasteiger partial charge on any atom is -0.480 e. The Morgan fingerprint density at radius 1 is 1.00 bits per heavy atom. The Hall–Kier alpha value is -3.39. The second-order valence-electron chi connectivity index (χ2n) is 9.60. The Balaban J connectivity index is 1.33. The van der Waals surface area contributed by atoms with Crippen molar-refractivity contribution in [3.8, 4) is 11.1 Å². The van der Waals surface area contributed by atoms with Crippen molar-refractivity contribution in [3.05, 3.63) is 59.7 Å². The number of rotatable bonds is 9. The van der Waals surface area contributed by atoms with Crippen LogP contribution >= 0.6 is 0 Å². The van der Waals surface area contributed by atoms with Gasteiger partial charge in [0.05, 0.1) is 12.0 Å². The van der Waals surface area contributed by atoms with Gasteiger partial charge in [-0.25, -0.2) is 9.59 Å². The Kier molecular flexibility index (Phi) is 7.40. The molecule has 186 valence electrons. The van der Waals surface area contributed by atoms with Crippen molar-refractivity contribution >= 4 is 18.0 Å². The summed E-state index contributed by atoms with van der Waals surface area (Å²) in [6, 6.07) is 15.9. The van der Waals surface area contributed by atoms with E-state index in [9.17, 15) is 14.4 Å². The third-order valence-electron chi connectivity index (χ3n) is 6.83. The zero-order valence-electron chi connectivity index (χ0n) is 20.3. The number of carboxylic acids is 1. The minimum atomic E-state index is -1.03. The van der Waals surface area contributed by atoms with Crippen LogP contribution in [0.1, 0.15) is 37.8 Å². The molecular weight excluding hydrogens is 448 g/mol. The highest BCUT2D eigenvalue weighted by molar-refractivity contribution is 5.82. The van der Waals surface area contributed by atoms with Crippen molar-refractivity contribution in [1.82, 2.24) is 10.2 Å². The maximum atomic E-state index is 13.1. The van der Waals surface area contributed by atoms with Gasteiger partial charge < -0.3 is 24.8 Å². The molecule has 4 rings (SSSR count). The molecule has 2 N–H and O–H groups in total. The molecule has 1 heterocycles. The molecule has 2 unspecified atom stereocenters. The van der Waals surface area contributed by atoms with Gasteiger partial charge in [-0.15, -0.1) is 0 Å². The van der Waals surface area contributed by atoms with E-state index in [1.165, 1.54) is 0 Å². The van der Waals surface area contributed by atoms with Crippen molar-refractivity contribution in [2.24, 2.45) is 11.8 Å². The van der Waals surface area contributed by atoms with Crippen LogP contribution in [0.15, 0.2) is 48.5 Å². The average Bonchev–Trinajstić information content (AvgIpc) is 3.10. The molecular formula is C27H32N2O6. The molecule has 1 saturated heterocycles. The second-order valence-corrected chi connectivity index (χ2v) is 9.60. The van der Waals surface area contributed by atoms with Crippen LogP contribution in [0.3, 0.4) is 0 Å². The minimum absolute atomic E-state index is 0.00891. The monoisotopic (exact) mass is 480 g/mol. The van der Waals surface area contributed by atoms with Gasteiger partial charge in [0.15, 0.2) is 0 Å². The smallest absolute Gasteiger partial charge is 0.407 e. The summed E-state index contributed by atoms with van der Waals surface area (Å²) in [7, 11) is 0. The van der Waals surface area contributed by atoms with Crippen LogP contribution in [0.5, 0.6) is 0 Å². The summed E-state index contributed by atoms with van der Waals surface area (Å²) in [5.74, 6) is -1.59. The molecule has 1 fully saturated rings. The van der Waals surface area contributed by atoms with Crippen LogP contribution in [0.25, 0.3) is 11.1 Å².